The molecule has 0 spiro atoms. The van der Waals surface area contributed by atoms with Gasteiger partial charge < -0.3 is 30.9 Å². The van der Waals surface area contributed by atoms with Gasteiger partial charge in [0.1, 0.15) is 17.5 Å². The van der Waals surface area contributed by atoms with Gasteiger partial charge in [0.25, 0.3) is 0 Å². The summed E-state index contributed by atoms with van der Waals surface area (Å²) in [6.45, 7) is 3.28. The number of ether oxygens (including phenoxy) is 1. The van der Waals surface area contributed by atoms with E-state index >= 15 is 0 Å². The zero-order chi connectivity index (χ0) is 45.2. The van der Waals surface area contributed by atoms with Crippen LogP contribution in [-0.4, -0.2) is 82.8 Å². The monoisotopic (exact) mass is 865 g/mol. The fourth-order valence-electron chi connectivity index (χ4n) is 7.73. The molecular weight excluding hydrogens is 814 g/mol. The molecule has 62 heavy (non-hydrogen) atoms. The average molecular weight is 866 g/mol. The number of hydrogen-bond acceptors (Lipinski definition) is 11. The fraction of sp³-hybridized carbons (Fsp3) is 0.354. The number of carbonyl (C=O) groups is 7. The first-order chi connectivity index (χ1) is 29.5. The van der Waals surface area contributed by atoms with Gasteiger partial charge in [-0.25, -0.2) is 4.79 Å². The van der Waals surface area contributed by atoms with Crippen LogP contribution in [0.5, 0.6) is 11.5 Å². The minimum atomic E-state index is -1.31. The molecule has 13 nitrogen and oxygen atoms in total. The van der Waals surface area contributed by atoms with Crippen LogP contribution in [0.3, 0.4) is 0 Å². The van der Waals surface area contributed by atoms with Crippen LogP contribution in [0.1, 0.15) is 79.9 Å². The number of hydrogen-bond donors (Lipinski definition) is 4. The number of Topliss-reactive ketones (excluding diaryl/α,β-unsaturated/α-hetero) is 4. The van der Waals surface area contributed by atoms with Crippen molar-refractivity contribution in [2.45, 2.75) is 70.9 Å². The zero-order valence-electron chi connectivity index (χ0n) is 35.2. The Hall–Kier alpha value is -6.18. The molecule has 326 valence electrons. The predicted octanol–water partition coefficient (Wildman–Crippen LogP) is 6.58. The number of unbranched alkanes of at least 4 members (excludes halogenated alkanes) is 1. The van der Waals surface area contributed by atoms with E-state index in [9.17, 15) is 43.8 Å². The average Bonchev–Trinajstić information content (AvgIpc) is 3.26. The van der Waals surface area contributed by atoms with Gasteiger partial charge in [0, 0.05) is 65.8 Å². The number of phenolic OH excluding ortho intramolecular Hbond substituents is 2. The van der Waals surface area contributed by atoms with Gasteiger partial charge in [-0.2, -0.15) is 0 Å². The Morgan fingerprint density at radius 3 is 2.10 bits per heavy atom. The lowest BCUT2D eigenvalue weighted by Gasteiger charge is -2.32. The van der Waals surface area contributed by atoms with E-state index in [1.807, 2.05) is 24.3 Å². The fourth-order valence-corrected chi connectivity index (χ4v) is 7.85. The molecule has 4 bridgehead atoms. The van der Waals surface area contributed by atoms with Crippen molar-refractivity contribution in [1.29, 1.82) is 0 Å². The number of likely N-dealkylation sites (N-methyl/N-ethyl adjacent to an activating group) is 1. The largest absolute Gasteiger partial charge is 0.507 e. The van der Waals surface area contributed by atoms with Crippen molar-refractivity contribution in [3.05, 3.63) is 107 Å². The van der Waals surface area contributed by atoms with Crippen LogP contribution in [0, 0.1) is 17.8 Å². The van der Waals surface area contributed by atoms with Crippen molar-refractivity contribution in [3.63, 3.8) is 0 Å². The van der Waals surface area contributed by atoms with Crippen molar-refractivity contribution in [2.75, 3.05) is 20.7 Å². The maximum absolute atomic E-state index is 14.6. The Labute approximate surface area is 365 Å². The normalized spacial score (nSPS) is 17.5. The first-order valence-corrected chi connectivity index (χ1v) is 20.9. The molecule has 5 rings (SSSR count). The van der Waals surface area contributed by atoms with Crippen molar-refractivity contribution in [1.82, 2.24) is 10.2 Å². The number of carbonyl (C=O) groups excluding carboxylic acids is 7. The third kappa shape index (κ3) is 11.4. The van der Waals surface area contributed by atoms with Crippen LogP contribution in [-0.2, 0) is 39.9 Å². The summed E-state index contributed by atoms with van der Waals surface area (Å²) < 4.78 is 4.52. The van der Waals surface area contributed by atoms with E-state index in [4.69, 9.17) is 17.3 Å². The van der Waals surface area contributed by atoms with Crippen LogP contribution >= 0.6 is 11.6 Å². The van der Waals surface area contributed by atoms with Gasteiger partial charge in [-0.15, -0.1) is 0 Å². The van der Waals surface area contributed by atoms with Crippen molar-refractivity contribution in [2.24, 2.45) is 23.5 Å². The minimum absolute atomic E-state index is 0.0886. The lowest BCUT2D eigenvalue weighted by Crippen LogP contribution is -2.46. The van der Waals surface area contributed by atoms with Crippen molar-refractivity contribution in [3.8, 4) is 33.8 Å². The molecule has 5 atom stereocenters. The van der Waals surface area contributed by atoms with E-state index in [2.05, 4.69) is 10.1 Å². The van der Waals surface area contributed by atoms with Gasteiger partial charge in [-0.3, -0.25) is 28.8 Å². The standard InChI is InChI=1S/C48H52ClN3O10/c1-27(45(58)48(61)62-4)21-42(56)38-24-29-8-18-39(53)36(23-29)37-25-33(15-19-40(37)54)44(43(57)22-28(2)46(59)51-38)52(3)47(60)34(7-5-6-20-50)26-41(55)32-11-9-30(10-12-32)31-13-16-35(49)17-14-31/h8-19,23,25,27-28,34,38,44,53-54H,5-7,20-22,24,26,50H2,1-4H3,(H,51,59)/t27-,28-,34-,38+,44+/m1/s1. The molecule has 4 aromatic carbocycles. The second-order valence-corrected chi connectivity index (χ2v) is 16.4. The topological polar surface area (TPSA) is 210 Å². The number of benzene rings is 4. The maximum atomic E-state index is 14.6. The van der Waals surface area contributed by atoms with Gasteiger partial charge in [0.2, 0.25) is 17.6 Å². The lowest BCUT2D eigenvalue weighted by atomic mass is 9.87. The van der Waals surface area contributed by atoms with Crippen LogP contribution in [0.2, 0.25) is 5.02 Å². The number of rotatable bonds is 15. The van der Waals surface area contributed by atoms with Crippen LogP contribution < -0.4 is 11.1 Å². The molecule has 0 aliphatic carbocycles. The molecule has 0 radical (unpaired) electrons. The Morgan fingerprint density at radius 2 is 1.47 bits per heavy atom. The molecule has 2 amide bonds. The molecule has 14 heteroatoms. The smallest absolute Gasteiger partial charge is 0.374 e. The Kier molecular flexibility index (Phi) is 15.9. The molecule has 0 fully saturated rings. The third-order valence-electron chi connectivity index (χ3n) is 11.3. The van der Waals surface area contributed by atoms with Gasteiger partial charge in [0.15, 0.2) is 17.3 Å². The molecule has 0 saturated heterocycles. The molecule has 1 heterocycles. The molecular formula is C48H52ClN3O10. The van der Waals surface area contributed by atoms with Gasteiger partial charge >= 0.3 is 5.97 Å². The SMILES string of the molecule is COC(=O)C(=O)[C@H](C)CC(=O)[C@@H]1Cc2ccc(O)c(c2)-c2cc(ccc2O)[C@H](N(C)C(=O)[C@H](CCCCN)CC(=O)c2ccc(-c3ccc(Cl)cc3)cc2)C(=O)C[C@@H](C)C(=O)N1. The first-order valence-electron chi connectivity index (χ1n) is 20.5. The predicted molar refractivity (Wildman–Crippen MR) is 233 cm³/mol. The molecule has 4 aromatic rings. The highest BCUT2D eigenvalue weighted by atomic mass is 35.5. The summed E-state index contributed by atoms with van der Waals surface area (Å²) >= 11 is 6.05. The van der Waals surface area contributed by atoms with Crippen molar-refractivity contribution < 1.29 is 48.5 Å². The third-order valence-corrected chi connectivity index (χ3v) is 11.6. The number of aromatic hydroxyl groups is 2. The number of halogens is 1. The van der Waals surface area contributed by atoms with E-state index in [-0.39, 0.29) is 53.2 Å². The van der Waals surface area contributed by atoms with Crippen molar-refractivity contribution >= 4 is 52.5 Å². The summed E-state index contributed by atoms with van der Waals surface area (Å²) in [7, 11) is 2.51. The summed E-state index contributed by atoms with van der Waals surface area (Å²) in [5.74, 6) is -7.94. The van der Waals surface area contributed by atoms with E-state index in [0.717, 1.165) is 18.2 Å². The molecule has 0 aromatic heterocycles. The number of nitrogens with zero attached hydrogens (tertiary/aromatic N) is 1. The van der Waals surface area contributed by atoms with E-state index in [0.29, 0.717) is 42.0 Å². The number of nitrogens with two attached hydrogens (primary N) is 1. The quantitative estimate of drug-likeness (QED) is 0.0434. The number of esters is 1. The van der Waals surface area contributed by atoms with E-state index < -0.39 is 71.4 Å². The minimum Gasteiger partial charge on any atom is -0.507 e. The van der Waals surface area contributed by atoms with Crippen LogP contribution in [0.15, 0.2) is 84.9 Å². The number of phenols is 2. The van der Waals surface area contributed by atoms with E-state index in [1.54, 1.807) is 30.3 Å². The summed E-state index contributed by atoms with van der Waals surface area (Å²) in [5, 5.41) is 25.5. The molecule has 5 N–H and O–H groups in total. The molecule has 0 unspecified atom stereocenters. The van der Waals surface area contributed by atoms with E-state index in [1.165, 1.54) is 56.1 Å². The van der Waals surface area contributed by atoms with Gasteiger partial charge in [0.05, 0.1) is 13.2 Å². The number of nitrogens with one attached hydrogen (secondary N) is 1. The highest BCUT2D eigenvalue weighted by Gasteiger charge is 2.36. The Balaban J connectivity index is 1.49. The number of amides is 2. The zero-order valence-corrected chi connectivity index (χ0v) is 35.9. The Morgan fingerprint density at radius 1 is 0.855 bits per heavy atom. The van der Waals surface area contributed by atoms with Gasteiger partial charge in [-0.1, -0.05) is 80.4 Å². The summed E-state index contributed by atoms with van der Waals surface area (Å²) in [6.07, 6.45) is 0.404. The number of ketones is 4. The van der Waals surface area contributed by atoms with Crippen LogP contribution in [0.25, 0.3) is 22.3 Å². The highest BCUT2D eigenvalue weighted by Crippen LogP contribution is 2.40. The summed E-state index contributed by atoms with van der Waals surface area (Å²) in [5.41, 5.74) is 9.03. The second kappa shape index (κ2) is 21.1. The first kappa shape index (κ1) is 46.9. The molecule has 0 saturated carbocycles. The second-order valence-electron chi connectivity index (χ2n) is 15.9. The molecule has 1 aliphatic heterocycles. The Bertz CT molecular complexity index is 2330. The summed E-state index contributed by atoms with van der Waals surface area (Å²) in [6, 6.07) is 20.6. The lowest BCUT2D eigenvalue weighted by molar-refractivity contribution is -0.153. The summed E-state index contributed by atoms with van der Waals surface area (Å²) in [4.78, 5) is 96.1. The maximum Gasteiger partial charge on any atom is 0.374 e. The molecule has 1 aliphatic rings. The van der Waals surface area contributed by atoms with Crippen LogP contribution in [0.4, 0.5) is 0 Å². The highest BCUT2D eigenvalue weighted by molar-refractivity contribution is 6.34. The van der Waals surface area contributed by atoms with Gasteiger partial charge in [-0.05, 0) is 84.5 Å². The number of methoxy groups -OCH3 is 1. The number of fused-ring (bicyclic) bond motifs is 5.